The summed E-state index contributed by atoms with van der Waals surface area (Å²) in [5.74, 6) is 0.0545. The number of aromatic hydroxyl groups is 1. The summed E-state index contributed by atoms with van der Waals surface area (Å²) in [4.78, 5) is 17.8. The van der Waals surface area contributed by atoms with Gasteiger partial charge in [-0.15, -0.1) is 16.4 Å². The number of aromatic nitrogens is 3. The van der Waals surface area contributed by atoms with Crippen molar-refractivity contribution in [1.82, 2.24) is 25.2 Å². The summed E-state index contributed by atoms with van der Waals surface area (Å²) in [5, 5.41) is 22.0. The van der Waals surface area contributed by atoms with Gasteiger partial charge in [-0.1, -0.05) is 41.1 Å². The highest BCUT2D eigenvalue weighted by molar-refractivity contribution is 7.18. The van der Waals surface area contributed by atoms with Gasteiger partial charge in [0.25, 0.3) is 5.91 Å². The van der Waals surface area contributed by atoms with E-state index in [-0.39, 0.29) is 18.2 Å². The Kier molecular flexibility index (Phi) is 7.45. The normalized spacial score (nSPS) is 14.3. The van der Waals surface area contributed by atoms with Crippen molar-refractivity contribution < 1.29 is 9.90 Å². The summed E-state index contributed by atoms with van der Waals surface area (Å²) in [7, 11) is 0. The molecule has 0 spiro atoms. The molecule has 1 saturated heterocycles. The number of carbonyl (C=O) groups is 1. The lowest BCUT2D eigenvalue weighted by Crippen LogP contribution is -2.49. The first-order chi connectivity index (χ1) is 17.9. The van der Waals surface area contributed by atoms with Gasteiger partial charge in [-0.2, -0.15) is 0 Å². The summed E-state index contributed by atoms with van der Waals surface area (Å²) >= 11 is 7.18. The maximum absolute atomic E-state index is 12.4. The van der Waals surface area contributed by atoms with Crippen LogP contribution >= 0.6 is 22.9 Å². The van der Waals surface area contributed by atoms with Crippen LogP contribution in [-0.4, -0.2) is 63.1 Å². The van der Waals surface area contributed by atoms with E-state index in [1.165, 1.54) is 11.3 Å². The number of phenols is 1. The molecule has 8 nitrogen and oxygen atoms in total. The average molecular weight is 537 g/mol. The summed E-state index contributed by atoms with van der Waals surface area (Å²) < 4.78 is 2.33. The zero-order chi connectivity index (χ0) is 25.9. The van der Waals surface area contributed by atoms with Crippen LogP contribution in [-0.2, 0) is 6.54 Å². The van der Waals surface area contributed by atoms with Gasteiger partial charge in [0.15, 0.2) is 0 Å². The second kappa shape index (κ2) is 10.9. The van der Waals surface area contributed by atoms with E-state index < -0.39 is 0 Å². The minimum Gasteiger partial charge on any atom is -0.507 e. The number of carbonyl (C=O) groups excluding carboxylic acids is 1. The molecule has 2 aromatic carbocycles. The summed E-state index contributed by atoms with van der Waals surface area (Å²) in [6.45, 7) is 8.42. The van der Waals surface area contributed by atoms with E-state index in [2.05, 4.69) is 45.3 Å². The summed E-state index contributed by atoms with van der Waals surface area (Å²) in [5.41, 5.74) is 4.29. The van der Waals surface area contributed by atoms with Crippen molar-refractivity contribution in [2.75, 3.05) is 31.1 Å². The number of phenolic OH excluding ortho intramolecular Hbond substituents is 1. The van der Waals surface area contributed by atoms with Crippen LogP contribution in [0.3, 0.4) is 0 Å². The third kappa shape index (κ3) is 5.64. The Labute approximate surface area is 225 Å². The highest BCUT2D eigenvalue weighted by Gasteiger charge is 2.23. The average Bonchev–Trinajstić information content (AvgIpc) is 3.56. The SMILES string of the molecule is CC(C)N1CCN(c2cc(-c3ccccc3O)ccc2-n2cc(CNC(=O)c3ccc(Cl)s3)nn2)CC1. The van der Waals surface area contributed by atoms with E-state index in [0.717, 1.165) is 48.7 Å². The van der Waals surface area contributed by atoms with Crippen LogP contribution in [0.2, 0.25) is 4.34 Å². The fourth-order valence-electron chi connectivity index (χ4n) is 4.53. The molecule has 1 aliphatic heterocycles. The Balaban J connectivity index is 1.41. The van der Waals surface area contributed by atoms with E-state index in [9.17, 15) is 9.90 Å². The number of benzene rings is 2. The number of para-hydroxylation sites is 1. The first-order valence-corrected chi connectivity index (χ1v) is 13.4. The fraction of sp³-hybridized carbons (Fsp3) is 0.296. The Hall–Kier alpha value is -3.40. The molecule has 3 heterocycles. The van der Waals surface area contributed by atoms with Crippen LogP contribution in [0.15, 0.2) is 60.8 Å². The quantitative estimate of drug-likeness (QED) is 0.352. The Morgan fingerprint density at radius 3 is 2.57 bits per heavy atom. The molecule has 1 aliphatic rings. The van der Waals surface area contributed by atoms with Crippen molar-refractivity contribution in [1.29, 1.82) is 0 Å². The highest BCUT2D eigenvalue weighted by atomic mass is 35.5. The van der Waals surface area contributed by atoms with E-state index in [1.54, 1.807) is 22.9 Å². The van der Waals surface area contributed by atoms with E-state index in [4.69, 9.17) is 11.6 Å². The molecule has 0 saturated carbocycles. The van der Waals surface area contributed by atoms with Crippen LogP contribution in [0.4, 0.5) is 5.69 Å². The van der Waals surface area contributed by atoms with Crippen molar-refractivity contribution in [3.63, 3.8) is 0 Å². The molecule has 2 N–H and O–H groups in total. The number of rotatable bonds is 7. The standard InChI is InChI=1S/C27H29ClN6O2S/c1-18(2)32-11-13-33(14-12-32)23-15-19(21-5-3-4-6-24(21)35)7-8-22(23)34-17-20(30-31-34)16-29-27(36)25-9-10-26(28)37-25/h3-10,15,17-18,35H,11-14,16H2,1-2H3,(H,29,36). The lowest BCUT2D eigenvalue weighted by molar-refractivity contribution is 0.0954. The molecule has 0 bridgehead atoms. The van der Waals surface area contributed by atoms with E-state index >= 15 is 0 Å². The third-order valence-corrected chi connectivity index (χ3v) is 7.82. The highest BCUT2D eigenvalue weighted by Crippen LogP contribution is 2.35. The lowest BCUT2D eigenvalue weighted by Gasteiger charge is -2.38. The topological polar surface area (TPSA) is 86.5 Å². The summed E-state index contributed by atoms with van der Waals surface area (Å²) in [6, 6.07) is 17.4. The number of amides is 1. The maximum Gasteiger partial charge on any atom is 0.261 e. The van der Waals surface area contributed by atoms with Crippen LogP contribution < -0.4 is 10.2 Å². The molecule has 37 heavy (non-hydrogen) atoms. The summed E-state index contributed by atoms with van der Waals surface area (Å²) in [6.07, 6.45) is 1.84. The second-order valence-corrected chi connectivity index (χ2v) is 11.0. The zero-order valence-electron chi connectivity index (χ0n) is 20.8. The van der Waals surface area contributed by atoms with Gasteiger partial charge in [-0.25, -0.2) is 4.68 Å². The fourth-order valence-corrected chi connectivity index (χ4v) is 5.49. The minimum atomic E-state index is -0.192. The molecule has 10 heteroatoms. The predicted octanol–water partition coefficient (Wildman–Crippen LogP) is 4.82. The Bertz CT molecular complexity index is 1390. The first-order valence-electron chi connectivity index (χ1n) is 12.3. The third-order valence-electron chi connectivity index (χ3n) is 6.59. The molecule has 0 unspecified atom stereocenters. The number of hydrogen-bond donors (Lipinski definition) is 2. The molecule has 0 aliphatic carbocycles. The molecule has 2 aromatic heterocycles. The van der Waals surface area contributed by atoms with Gasteiger partial charge in [0, 0.05) is 37.8 Å². The van der Waals surface area contributed by atoms with Crippen molar-refractivity contribution in [3.8, 4) is 22.6 Å². The Morgan fingerprint density at radius 2 is 1.86 bits per heavy atom. The lowest BCUT2D eigenvalue weighted by atomic mass is 10.0. The van der Waals surface area contributed by atoms with Crippen LogP contribution in [0.25, 0.3) is 16.8 Å². The van der Waals surface area contributed by atoms with E-state index in [0.29, 0.717) is 20.9 Å². The van der Waals surface area contributed by atoms with Gasteiger partial charge < -0.3 is 15.3 Å². The molecule has 5 rings (SSSR count). The number of anilines is 1. The monoisotopic (exact) mass is 536 g/mol. The molecular formula is C27H29ClN6O2S. The number of nitrogens with one attached hydrogen (secondary N) is 1. The molecule has 0 atom stereocenters. The number of halogens is 1. The van der Waals surface area contributed by atoms with E-state index in [1.807, 2.05) is 36.5 Å². The Morgan fingerprint density at radius 1 is 1.08 bits per heavy atom. The molecule has 1 fully saturated rings. The number of piperazine rings is 1. The smallest absolute Gasteiger partial charge is 0.261 e. The van der Waals surface area contributed by atoms with Gasteiger partial charge in [-0.3, -0.25) is 9.69 Å². The second-order valence-electron chi connectivity index (χ2n) is 9.28. The molecule has 192 valence electrons. The van der Waals surface area contributed by atoms with Gasteiger partial charge >= 0.3 is 0 Å². The van der Waals surface area contributed by atoms with Crippen molar-refractivity contribution in [3.05, 3.63) is 75.7 Å². The van der Waals surface area contributed by atoms with Crippen molar-refractivity contribution in [2.45, 2.75) is 26.4 Å². The van der Waals surface area contributed by atoms with Gasteiger partial charge in [0.1, 0.15) is 11.4 Å². The minimum absolute atomic E-state index is 0.192. The molecule has 0 radical (unpaired) electrons. The predicted molar refractivity (Wildman–Crippen MR) is 148 cm³/mol. The molecule has 1 amide bonds. The van der Waals surface area contributed by atoms with Gasteiger partial charge in [0.2, 0.25) is 0 Å². The molecular weight excluding hydrogens is 508 g/mol. The van der Waals surface area contributed by atoms with Crippen LogP contribution in [0.1, 0.15) is 29.2 Å². The number of nitrogens with zero attached hydrogens (tertiary/aromatic N) is 5. The molecule has 4 aromatic rings. The van der Waals surface area contributed by atoms with Crippen LogP contribution in [0, 0.1) is 0 Å². The largest absolute Gasteiger partial charge is 0.507 e. The number of thiophene rings is 1. The van der Waals surface area contributed by atoms with Crippen molar-refractivity contribution in [2.24, 2.45) is 0 Å². The van der Waals surface area contributed by atoms with Gasteiger partial charge in [-0.05, 0) is 49.7 Å². The van der Waals surface area contributed by atoms with Crippen molar-refractivity contribution >= 4 is 34.5 Å². The zero-order valence-corrected chi connectivity index (χ0v) is 22.3. The first kappa shape index (κ1) is 25.3. The maximum atomic E-state index is 12.4. The number of hydrogen-bond acceptors (Lipinski definition) is 7. The van der Waals surface area contributed by atoms with Crippen LogP contribution in [0.5, 0.6) is 5.75 Å². The van der Waals surface area contributed by atoms with Gasteiger partial charge in [0.05, 0.1) is 33.3 Å².